The van der Waals surface area contributed by atoms with Gasteiger partial charge in [0.25, 0.3) is 11.3 Å². The van der Waals surface area contributed by atoms with E-state index in [9.17, 15) is 14.0 Å². The van der Waals surface area contributed by atoms with E-state index >= 15 is 0 Å². The molecule has 0 saturated heterocycles. The first-order valence-corrected chi connectivity index (χ1v) is 9.51. The molecule has 2 aromatic carbocycles. The van der Waals surface area contributed by atoms with Gasteiger partial charge >= 0.3 is 0 Å². The van der Waals surface area contributed by atoms with Crippen LogP contribution in [0.5, 0.6) is 0 Å². The highest BCUT2D eigenvalue weighted by molar-refractivity contribution is 6.30. The van der Waals surface area contributed by atoms with E-state index in [1.54, 1.807) is 24.3 Å². The SMILES string of the molecule is O=C(CCn1cnc2onc(-c3cccc(F)c3)c2c1=O)NCc1cccc(Cl)c1. The Morgan fingerprint density at radius 1 is 1.20 bits per heavy atom. The standard InChI is InChI=1S/C21H16ClFN4O3/c22-15-5-1-3-13(9-15)11-24-17(28)7-8-27-12-25-20-18(21(27)29)19(26-30-20)14-4-2-6-16(23)10-14/h1-6,9-10,12H,7-8,11H2,(H,24,28). The van der Waals surface area contributed by atoms with Crippen LogP contribution in [0, 0.1) is 5.82 Å². The van der Waals surface area contributed by atoms with E-state index in [1.165, 1.54) is 29.1 Å². The topological polar surface area (TPSA) is 90.0 Å². The third kappa shape index (κ3) is 4.23. The molecule has 0 saturated carbocycles. The molecular weight excluding hydrogens is 411 g/mol. The summed E-state index contributed by atoms with van der Waals surface area (Å²) in [6.45, 7) is 0.456. The molecule has 7 nitrogen and oxygen atoms in total. The first kappa shape index (κ1) is 19.8. The van der Waals surface area contributed by atoms with Crippen LogP contribution in [0.3, 0.4) is 0 Å². The molecule has 0 radical (unpaired) electrons. The van der Waals surface area contributed by atoms with Gasteiger partial charge in [-0.2, -0.15) is 0 Å². The number of amides is 1. The van der Waals surface area contributed by atoms with E-state index < -0.39 is 11.4 Å². The number of fused-ring (bicyclic) bond motifs is 1. The quantitative estimate of drug-likeness (QED) is 0.509. The van der Waals surface area contributed by atoms with Crippen molar-refractivity contribution in [1.29, 1.82) is 0 Å². The van der Waals surface area contributed by atoms with E-state index in [-0.39, 0.29) is 35.7 Å². The van der Waals surface area contributed by atoms with E-state index in [4.69, 9.17) is 16.1 Å². The van der Waals surface area contributed by atoms with Crippen LogP contribution in [0.2, 0.25) is 5.02 Å². The second-order valence-electron chi connectivity index (χ2n) is 6.62. The fourth-order valence-corrected chi connectivity index (χ4v) is 3.24. The highest BCUT2D eigenvalue weighted by atomic mass is 35.5. The van der Waals surface area contributed by atoms with Gasteiger partial charge in [-0.3, -0.25) is 14.2 Å². The summed E-state index contributed by atoms with van der Waals surface area (Å²) in [6, 6.07) is 12.9. The zero-order chi connectivity index (χ0) is 21.1. The predicted octanol–water partition coefficient (Wildman–Crippen LogP) is 3.55. The van der Waals surface area contributed by atoms with E-state index in [0.717, 1.165) is 5.56 Å². The lowest BCUT2D eigenvalue weighted by molar-refractivity contribution is -0.121. The fraction of sp³-hybridized carbons (Fsp3) is 0.143. The van der Waals surface area contributed by atoms with Crippen molar-refractivity contribution in [2.75, 3.05) is 0 Å². The number of aryl methyl sites for hydroxylation is 1. The van der Waals surface area contributed by atoms with Gasteiger partial charge in [-0.05, 0) is 29.8 Å². The molecule has 4 aromatic rings. The lowest BCUT2D eigenvalue weighted by atomic mass is 10.1. The molecule has 0 fully saturated rings. The Kier molecular flexibility index (Phi) is 5.58. The van der Waals surface area contributed by atoms with Crippen LogP contribution in [-0.2, 0) is 17.9 Å². The first-order chi connectivity index (χ1) is 14.5. The molecule has 4 rings (SSSR count). The van der Waals surface area contributed by atoms with Gasteiger partial charge in [-0.1, -0.05) is 41.0 Å². The van der Waals surface area contributed by atoms with Crippen molar-refractivity contribution >= 4 is 28.6 Å². The number of hydrogen-bond donors (Lipinski definition) is 1. The number of carbonyl (C=O) groups is 1. The highest BCUT2D eigenvalue weighted by Crippen LogP contribution is 2.24. The van der Waals surface area contributed by atoms with Crippen LogP contribution in [0.15, 0.2) is 64.2 Å². The Hall–Kier alpha value is -3.52. The van der Waals surface area contributed by atoms with Gasteiger partial charge in [-0.15, -0.1) is 0 Å². The van der Waals surface area contributed by atoms with Gasteiger partial charge in [0.2, 0.25) is 5.91 Å². The zero-order valence-electron chi connectivity index (χ0n) is 15.6. The van der Waals surface area contributed by atoms with Crippen LogP contribution in [0.25, 0.3) is 22.4 Å². The summed E-state index contributed by atoms with van der Waals surface area (Å²) in [5.74, 6) is -0.679. The molecule has 30 heavy (non-hydrogen) atoms. The highest BCUT2D eigenvalue weighted by Gasteiger charge is 2.17. The third-order valence-electron chi connectivity index (χ3n) is 4.52. The molecule has 152 valence electrons. The second kappa shape index (κ2) is 8.46. The van der Waals surface area contributed by atoms with Crippen molar-refractivity contribution in [2.45, 2.75) is 19.5 Å². The summed E-state index contributed by atoms with van der Waals surface area (Å²) < 4.78 is 20.0. The Morgan fingerprint density at radius 2 is 2.03 bits per heavy atom. The molecule has 0 spiro atoms. The number of carbonyl (C=O) groups excluding carboxylic acids is 1. The first-order valence-electron chi connectivity index (χ1n) is 9.13. The van der Waals surface area contributed by atoms with Crippen LogP contribution in [0.4, 0.5) is 4.39 Å². The lowest BCUT2D eigenvalue weighted by Crippen LogP contribution is -2.27. The minimum absolute atomic E-state index is 0.0564. The maximum absolute atomic E-state index is 13.6. The summed E-state index contributed by atoms with van der Waals surface area (Å²) in [6.07, 6.45) is 1.38. The number of nitrogens with zero attached hydrogens (tertiary/aromatic N) is 3. The number of nitrogens with one attached hydrogen (secondary N) is 1. The Morgan fingerprint density at radius 3 is 2.83 bits per heavy atom. The molecule has 0 bridgehead atoms. The van der Waals surface area contributed by atoms with Crippen LogP contribution in [0.1, 0.15) is 12.0 Å². The van der Waals surface area contributed by atoms with Gasteiger partial charge in [0.05, 0.1) is 0 Å². The molecule has 2 heterocycles. The van der Waals surface area contributed by atoms with Gasteiger partial charge in [-0.25, -0.2) is 9.37 Å². The predicted molar refractivity (Wildman–Crippen MR) is 109 cm³/mol. The maximum atomic E-state index is 13.6. The molecule has 0 aliphatic carbocycles. The van der Waals surface area contributed by atoms with Crippen LogP contribution >= 0.6 is 11.6 Å². The molecule has 2 aromatic heterocycles. The number of aromatic nitrogens is 3. The van der Waals surface area contributed by atoms with Gasteiger partial charge in [0, 0.05) is 30.1 Å². The molecule has 9 heteroatoms. The molecule has 0 unspecified atom stereocenters. The Balaban J connectivity index is 1.49. The van der Waals surface area contributed by atoms with E-state index in [0.29, 0.717) is 17.1 Å². The largest absolute Gasteiger partial charge is 0.352 e. The molecule has 0 aliphatic heterocycles. The van der Waals surface area contributed by atoms with Crippen molar-refractivity contribution in [3.05, 3.63) is 81.6 Å². The minimum atomic E-state index is -0.454. The van der Waals surface area contributed by atoms with Crippen molar-refractivity contribution in [2.24, 2.45) is 0 Å². The van der Waals surface area contributed by atoms with Crippen molar-refractivity contribution in [1.82, 2.24) is 20.0 Å². The van der Waals surface area contributed by atoms with Gasteiger partial charge in [0.1, 0.15) is 23.2 Å². The zero-order valence-corrected chi connectivity index (χ0v) is 16.4. The normalized spacial score (nSPS) is 11.0. The maximum Gasteiger partial charge on any atom is 0.266 e. The smallest absolute Gasteiger partial charge is 0.266 e. The number of hydrogen-bond acceptors (Lipinski definition) is 5. The van der Waals surface area contributed by atoms with Gasteiger partial charge in [0.15, 0.2) is 0 Å². The van der Waals surface area contributed by atoms with Crippen molar-refractivity contribution < 1.29 is 13.7 Å². The summed E-state index contributed by atoms with van der Waals surface area (Å²) in [5.41, 5.74) is 1.14. The summed E-state index contributed by atoms with van der Waals surface area (Å²) >= 11 is 5.93. The lowest BCUT2D eigenvalue weighted by Gasteiger charge is -2.07. The van der Waals surface area contributed by atoms with Crippen molar-refractivity contribution in [3.8, 4) is 11.3 Å². The average Bonchev–Trinajstić information content (AvgIpc) is 3.17. The Labute approximate surface area is 175 Å². The molecule has 1 N–H and O–H groups in total. The fourth-order valence-electron chi connectivity index (χ4n) is 3.03. The molecular formula is C21H16ClFN4O3. The molecule has 0 aliphatic rings. The van der Waals surface area contributed by atoms with E-state index in [1.807, 2.05) is 6.07 Å². The monoisotopic (exact) mass is 426 g/mol. The molecule has 0 atom stereocenters. The van der Waals surface area contributed by atoms with Crippen LogP contribution in [-0.4, -0.2) is 20.6 Å². The summed E-state index contributed by atoms with van der Waals surface area (Å²) in [4.78, 5) is 29.1. The molecule has 1 amide bonds. The second-order valence-corrected chi connectivity index (χ2v) is 7.06. The summed E-state index contributed by atoms with van der Waals surface area (Å²) in [5, 5.41) is 7.39. The van der Waals surface area contributed by atoms with Crippen LogP contribution < -0.4 is 10.9 Å². The van der Waals surface area contributed by atoms with Gasteiger partial charge < -0.3 is 9.84 Å². The average molecular weight is 427 g/mol. The number of benzene rings is 2. The number of rotatable bonds is 6. The van der Waals surface area contributed by atoms with E-state index in [2.05, 4.69) is 15.5 Å². The van der Waals surface area contributed by atoms with Crippen molar-refractivity contribution in [3.63, 3.8) is 0 Å². The number of halogens is 2. The minimum Gasteiger partial charge on any atom is -0.352 e. The third-order valence-corrected chi connectivity index (χ3v) is 4.75. The summed E-state index contributed by atoms with van der Waals surface area (Å²) in [7, 11) is 0. The Bertz CT molecular complexity index is 1280.